The molecule has 1 heterocycles. The van der Waals surface area contributed by atoms with Crippen molar-refractivity contribution >= 4 is 65.4 Å². The highest BCUT2D eigenvalue weighted by Crippen LogP contribution is 2.24. The number of rotatable bonds is 48. The zero-order chi connectivity index (χ0) is 82.0. The minimum Gasteiger partial charge on any atom is -0.491 e. The van der Waals surface area contributed by atoms with E-state index in [0.717, 1.165) is 0 Å². The molecule has 0 saturated carbocycles. The maximum absolute atomic E-state index is 15.4. The van der Waals surface area contributed by atoms with Crippen LogP contribution < -0.4 is 61.8 Å². The van der Waals surface area contributed by atoms with Crippen molar-refractivity contribution < 1.29 is 85.3 Å². The monoisotopic (exact) mass is 1590 g/mol. The molecule has 12 bridgehead atoms. The molecule has 0 fully saturated rings. The van der Waals surface area contributed by atoms with Gasteiger partial charge in [-0.05, 0) is 114 Å². The van der Waals surface area contributed by atoms with Crippen LogP contribution in [0.25, 0.3) is 65.4 Å². The van der Waals surface area contributed by atoms with E-state index < -0.39 is 33.4 Å². The molecule has 114 heavy (non-hydrogen) atoms. The number of fused-ring (bicyclic) bond motifs is 12. The van der Waals surface area contributed by atoms with Crippen LogP contribution in [-0.4, -0.2) is 226 Å². The van der Waals surface area contributed by atoms with E-state index in [9.17, 15) is 0 Å². The summed E-state index contributed by atoms with van der Waals surface area (Å²) in [6.45, 7) is 19.6. The van der Waals surface area contributed by atoms with Gasteiger partial charge in [0, 0.05) is 184 Å². The lowest BCUT2D eigenvalue weighted by molar-refractivity contribution is 0.0405. The molecule has 7 aromatic rings. The lowest BCUT2D eigenvalue weighted by Gasteiger charge is -2.11. The van der Waals surface area contributed by atoms with Gasteiger partial charge in [-0.1, -0.05) is 0 Å². The Morgan fingerprint density at radius 2 is 0.307 bits per heavy atom. The first-order chi connectivity index (χ1) is 55.3. The van der Waals surface area contributed by atoms with Crippen LogP contribution in [-0.2, 0) is 99.1 Å². The number of nitrogens with zero attached hydrogens (tertiary/aromatic N) is 6. The highest BCUT2D eigenvalue weighted by Gasteiger charge is 2.14. The second-order valence-corrected chi connectivity index (χ2v) is 25.4. The molecule has 30 nitrogen and oxygen atoms in total. The van der Waals surface area contributed by atoms with E-state index in [1.54, 1.807) is 54.6 Å². The van der Waals surface area contributed by atoms with Gasteiger partial charge >= 0.3 is 0 Å². The van der Waals surface area contributed by atoms with Gasteiger partial charge in [-0.3, -0.25) is 28.8 Å². The summed E-state index contributed by atoms with van der Waals surface area (Å²) >= 11 is 0. The summed E-state index contributed by atoms with van der Waals surface area (Å²) in [7, 11) is 9.23. The molecule has 1 aromatic heterocycles. The third-order valence-electron chi connectivity index (χ3n) is 17.4. The number of hydrogen-bond acceptors (Lipinski definition) is 24. The second-order valence-electron chi connectivity index (χ2n) is 25.4. The second kappa shape index (κ2) is 50.6. The van der Waals surface area contributed by atoms with Crippen LogP contribution in [0.15, 0.2) is 138 Å². The van der Waals surface area contributed by atoms with Crippen molar-refractivity contribution in [3.63, 3.8) is 0 Å². The average Bonchev–Trinajstić information content (AvgIpc) is 0.796. The van der Waals surface area contributed by atoms with Gasteiger partial charge in [0.1, 0.15) is 74.1 Å². The highest BCUT2D eigenvalue weighted by atomic mass is 16.6. The van der Waals surface area contributed by atoms with Gasteiger partial charge in [0.2, 0.25) is 0 Å². The fourth-order valence-electron chi connectivity index (χ4n) is 11.3. The Morgan fingerprint density at radius 3 is 0.456 bits per heavy atom. The molecular weight excluding hydrogens is 1480 g/mol. The van der Waals surface area contributed by atoms with Crippen molar-refractivity contribution in [2.75, 3.05) is 198 Å². The van der Waals surface area contributed by atoms with E-state index in [1.807, 2.05) is 41.5 Å². The number of ether oxygens (including phenoxy) is 18. The van der Waals surface area contributed by atoms with Crippen molar-refractivity contribution in [1.82, 2.24) is 27.4 Å². The Hall–Kier alpha value is -9.54. The molecule has 0 aliphatic heterocycles. The summed E-state index contributed by atoms with van der Waals surface area (Å²) < 4.78 is 113. The van der Waals surface area contributed by atoms with Crippen LogP contribution in [0, 0.1) is 0 Å². The van der Waals surface area contributed by atoms with E-state index in [-0.39, 0.29) is 179 Å². The van der Waals surface area contributed by atoms with Gasteiger partial charge in [-0.2, -0.15) is 0 Å². The fourth-order valence-corrected chi connectivity index (χ4v) is 11.3. The Morgan fingerprint density at radius 1 is 0.175 bits per heavy atom. The van der Waals surface area contributed by atoms with Gasteiger partial charge in [0.25, 0.3) is 33.4 Å². The molecule has 30 heteroatoms. The molecular formula is C84H114N6O24. The zero-order valence-electron chi connectivity index (χ0n) is 68.1. The van der Waals surface area contributed by atoms with Gasteiger partial charge in [0.15, 0.2) is 0 Å². The van der Waals surface area contributed by atoms with Crippen LogP contribution in [0.4, 0.5) is 0 Å². The molecule has 0 spiro atoms. The zero-order valence-corrected chi connectivity index (χ0v) is 68.1. The Labute approximate surface area is 663 Å². The molecule has 0 unspecified atom stereocenters. The largest absolute Gasteiger partial charge is 0.491 e. The number of aromatic nitrogens is 6. The molecule has 0 saturated heterocycles. The number of aryl methyl sites for hydroxylation is 6. The van der Waals surface area contributed by atoms with Crippen molar-refractivity contribution in [1.29, 1.82) is 0 Å². The molecule has 0 atom stereocenters. The van der Waals surface area contributed by atoms with E-state index in [4.69, 9.17) is 85.3 Å². The maximum atomic E-state index is 15.4. The van der Waals surface area contributed by atoms with Crippen LogP contribution >= 0.6 is 0 Å². The fraction of sp³-hybridized carbons (Fsp3) is 0.500. The van der Waals surface area contributed by atoms with Crippen LogP contribution in [0.5, 0.6) is 34.5 Å². The summed E-state index contributed by atoms with van der Waals surface area (Å²) in [5.41, 5.74) is -2.11. The topological polar surface area (TPSA) is 298 Å². The van der Waals surface area contributed by atoms with Crippen LogP contribution in [0.3, 0.4) is 0 Å². The summed E-state index contributed by atoms with van der Waals surface area (Å²) in [5.74, 6) is 1.19. The number of hydrogen-bond donors (Lipinski definition) is 0. The summed E-state index contributed by atoms with van der Waals surface area (Å²) in [5, 5.41) is 0.129. The highest BCUT2D eigenvalue weighted by molar-refractivity contribution is 5.75. The molecule has 0 N–H and O–H groups in total. The quantitative estimate of drug-likeness (QED) is 0.0323. The lowest BCUT2D eigenvalue weighted by atomic mass is 10.2. The predicted octanol–water partition coefficient (Wildman–Crippen LogP) is 8.45. The molecule has 0 radical (unpaired) electrons. The van der Waals surface area contributed by atoms with Crippen molar-refractivity contribution in [2.24, 2.45) is 42.3 Å². The van der Waals surface area contributed by atoms with Crippen molar-refractivity contribution in [3.05, 3.63) is 171 Å². The Bertz CT molecular complexity index is 4250. The normalized spacial score (nSPS) is 11.3. The van der Waals surface area contributed by atoms with Gasteiger partial charge < -0.3 is 113 Å². The molecule has 0 amide bonds. The SMILES string of the molecule is CCOCCOCCOc1cc2cc(c1)c(=O)n(C)c1cc(OCCOCCOCC)cc(c1)n(C)c(=O)c1cc(OCCOCCOCC)cc(c1)c(=O)n(C)c1cc(OCCOCCOCC)cc(c1)n(C)c(=O)c1cc(OCCOCCOCC)cc(c1)c(=O)n(C)c1cc(OCCOCCOCC)cc(c1)n(C)c2=O. The third kappa shape index (κ3) is 29.7. The average molecular weight is 1590 g/mol. The first-order valence-electron chi connectivity index (χ1n) is 38.6. The molecule has 7 rings (SSSR count). The smallest absolute Gasteiger partial charge is 0.258 e. The minimum absolute atomic E-state index is 0.0203. The van der Waals surface area contributed by atoms with Crippen molar-refractivity contribution in [2.45, 2.75) is 41.5 Å². The third-order valence-corrected chi connectivity index (χ3v) is 17.4. The summed E-state index contributed by atoms with van der Waals surface area (Å²) in [6.07, 6.45) is 0. The maximum Gasteiger partial charge on any atom is 0.258 e. The van der Waals surface area contributed by atoms with E-state index >= 15 is 28.8 Å². The Kier molecular flexibility index (Phi) is 40.7. The molecule has 0 aliphatic rings. The standard InChI is InChI=1S/C84H114N6O24/c1-13-97-19-25-103-31-37-109-73-46-61-43-62(47-73)80(92)86(8)68-53-70(58-77(56-68)113-41-35-107-29-23-101-17-5)88(10)82(94)64-45-66(51-75(49-64)111-39-33-105-27-21-99-15-3)84(96)90(12)72-54-71(59-78(60-72)114-42-36-108-30-24-102-18-6)89(11)83(95)65-44-63(48-74(50-65)110-38-32-104-26-20-98-14-2)81(93)87(9)69-52-67(85(7)79(61)91)55-76(57-69)112-40-34-106-28-22-100-16-4/h43-60H,13-42H2,1-12H3. The summed E-state index contributed by atoms with van der Waals surface area (Å²) in [6, 6.07) is 28.0. The first kappa shape index (κ1) is 91.6. The predicted molar refractivity (Wildman–Crippen MR) is 439 cm³/mol. The molecule has 624 valence electrons. The van der Waals surface area contributed by atoms with E-state index in [1.165, 1.54) is 124 Å². The lowest BCUT2D eigenvalue weighted by Crippen LogP contribution is -2.19. The number of benzene rings is 6. The van der Waals surface area contributed by atoms with Gasteiger partial charge in [0.05, 0.1) is 119 Å². The Balaban J connectivity index is 1.67. The van der Waals surface area contributed by atoms with Gasteiger partial charge in [-0.25, -0.2) is 0 Å². The van der Waals surface area contributed by atoms with Gasteiger partial charge in [-0.15, -0.1) is 0 Å². The van der Waals surface area contributed by atoms with E-state index in [0.29, 0.717) is 119 Å². The first-order valence-corrected chi connectivity index (χ1v) is 38.6. The summed E-state index contributed by atoms with van der Waals surface area (Å²) in [4.78, 5) is 92.6. The molecule has 6 aromatic carbocycles. The van der Waals surface area contributed by atoms with E-state index in [2.05, 4.69) is 0 Å². The van der Waals surface area contributed by atoms with Crippen LogP contribution in [0.1, 0.15) is 41.5 Å². The van der Waals surface area contributed by atoms with Crippen molar-refractivity contribution in [3.8, 4) is 34.5 Å². The van der Waals surface area contributed by atoms with Crippen LogP contribution in [0.2, 0.25) is 0 Å². The minimum atomic E-state index is -0.607. The molecule has 0 aliphatic carbocycles.